The molecule has 7 heteroatoms. The quantitative estimate of drug-likeness (QED) is 0.616. The minimum atomic E-state index is -0.161. The highest BCUT2D eigenvalue weighted by Crippen LogP contribution is 2.23. The second-order valence-corrected chi connectivity index (χ2v) is 4.08. The zero-order chi connectivity index (χ0) is 15.2. The average molecular weight is 286 g/mol. The fourth-order valence-corrected chi connectivity index (χ4v) is 1.60. The third-order valence-corrected chi connectivity index (χ3v) is 2.70. The van der Waals surface area contributed by atoms with Crippen molar-refractivity contribution < 1.29 is 29.1 Å². The van der Waals surface area contributed by atoms with Gasteiger partial charge in [0.1, 0.15) is 23.0 Å². The summed E-state index contributed by atoms with van der Waals surface area (Å²) in [5.41, 5.74) is 0.223. The van der Waals surface area contributed by atoms with Crippen LogP contribution in [0.4, 0.5) is 0 Å². The first kappa shape index (κ1) is 14.5. The van der Waals surface area contributed by atoms with Crippen molar-refractivity contribution in [1.29, 1.82) is 0 Å². The van der Waals surface area contributed by atoms with E-state index in [1.165, 1.54) is 36.4 Å². The summed E-state index contributed by atoms with van der Waals surface area (Å²) in [6.07, 6.45) is 1.03. The molecule has 0 aliphatic rings. The van der Waals surface area contributed by atoms with Crippen LogP contribution in [0.3, 0.4) is 0 Å². The summed E-state index contributed by atoms with van der Waals surface area (Å²) in [4.78, 5) is 21.3. The van der Waals surface area contributed by atoms with Gasteiger partial charge in [-0.3, -0.25) is 9.59 Å². The monoisotopic (exact) mass is 286 g/mol. The SMILES string of the molecule is O=Cc1cc(OBOc2ccc(O)c(C=O)c2)ccc1O. The van der Waals surface area contributed by atoms with Gasteiger partial charge < -0.3 is 19.5 Å². The van der Waals surface area contributed by atoms with E-state index in [-0.39, 0.29) is 30.3 Å². The molecule has 6 nitrogen and oxygen atoms in total. The van der Waals surface area contributed by atoms with Gasteiger partial charge in [-0.1, -0.05) is 0 Å². The zero-order valence-electron chi connectivity index (χ0n) is 10.9. The molecule has 0 unspecified atom stereocenters. The number of carbonyl (C=O) groups is 2. The summed E-state index contributed by atoms with van der Waals surface area (Å²) < 4.78 is 10.5. The molecular formula is C14H11BO6. The van der Waals surface area contributed by atoms with Gasteiger partial charge in [-0.2, -0.15) is 0 Å². The van der Waals surface area contributed by atoms with Gasteiger partial charge in [-0.15, -0.1) is 0 Å². The normalized spacial score (nSPS) is 9.71. The van der Waals surface area contributed by atoms with Gasteiger partial charge in [0.25, 0.3) is 0 Å². The summed E-state index contributed by atoms with van der Waals surface area (Å²) >= 11 is 0. The Balaban J connectivity index is 1.98. The Bertz CT molecular complexity index is 613. The van der Waals surface area contributed by atoms with Crippen LogP contribution < -0.4 is 9.31 Å². The van der Waals surface area contributed by atoms with Gasteiger partial charge in [0.2, 0.25) is 0 Å². The molecule has 0 aromatic heterocycles. The molecule has 0 atom stereocenters. The molecule has 0 spiro atoms. The molecule has 0 radical (unpaired) electrons. The summed E-state index contributed by atoms with van der Waals surface area (Å²) in [7, 11) is -0.161. The van der Waals surface area contributed by atoms with Crippen LogP contribution in [0.25, 0.3) is 0 Å². The molecule has 106 valence electrons. The van der Waals surface area contributed by atoms with E-state index in [1.54, 1.807) is 0 Å². The van der Waals surface area contributed by atoms with Crippen LogP contribution in [0, 0.1) is 0 Å². The van der Waals surface area contributed by atoms with Gasteiger partial charge in [0, 0.05) is 0 Å². The van der Waals surface area contributed by atoms with Crippen molar-refractivity contribution in [3.63, 3.8) is 0 Å². The van der Waals surface area contributed by atoms with E-state index in [0.717, 1.165) is 0 Å². The van der Waals surface area contributed by atoms with Crippen LogP contribution in [0.15, 0.2) is 36.4 Å². The van der Waals surface area contributed by atoms with Crippen molar-refractivity contribution >= 4 is 20.3 Å². The molecule has 0 heterocycles. The summed E-state index contributed by atoms with van der Waals surface area (Å²) in [5.74, 6) is 0.438. The summed E-state index contributed by atoms with van der Waals surface area (Å²) in [6.45, 7) is 0. The van der Waals surface area contributed by atoms with Crippen molar-refractivity contribution in [2.24, 2.45) is 0 Å². The van der Waals surface area contributed by atoms with Crippen molar-refractivity contribution in [1.82, 2.24) is 0 Å². The third kappa shape index (κ3) is 3.53. The molecule has 0 saturated heterocycles. The Morgan fingerprint density at radius 3 is 1.62 bits per heavy atom. The number of phenolic OH excluding ortho intramolecular Hbond substituents is 2. The smallest absolute Gasteiger partial charge is 0.528 e. The number of phenols is 2. The van der Waals surface area contributed by atoms with Crippen molar-refractivity contribution in [3.05, 3.63) is 47.5 Å². The number of aldehydes is 2. The van der Waals surface area contributed by atoms with Crippen molar-refractivity contribution in [3.8, 4) is 23.0 Å². The van der Waals surface area contributed by atoms with Crippen LogP contribution in [0.2, 0.25) is 0 Å². The Morgan fingerprint density at radius 2 is 1.24 bits per heavy atom. The first-order valence-corrected chi connectivity index (χ1v) is 5.96. The number of benzene rings is 2. The maximum atomic E-state index is 10.7. The highest BCUT2D eigenvalue weighted by atomic mass is 16.6. The first-order chi connectivity index (χ1) is 10.1. The molecule has 0 aliphatic carbocycles. The van der Waals surface area contributed by atoms with E-state index in [9.17, 15) is 19.8 Å². The van der Waals surface area contributed by atoms with Crippen LogP contribution in [0.5, 0.6) is 23.0 Å². The molecule has 2 aromatic rings. The lowest BCUT2D eigenvalue weighted by atomic mass is 10.2. The van der Waals surface area contributed by atoms with E-state index in [0.29, 0.717) is 24.1 Å². The lowest BCUT2D eigenvalue weighted by Gasteiger charge is -2.09. The maximum Gasteiger partial charge on any atom is 0.576 e. The maximum absolute atomic E-state index is 10.7. The van der Waals surface area contributed by atoms with Crippen molar-refractivity contribution in [2.45, 2.75) is 0 Å². The lowest BCUT2D eigenvalue weighted by molar-refractivity contribution is 0.111. The van der Waals surface area contributed by atoms with Gasteiger partial charge >= 0.3 is 7.69 Å². The Morgan fingerprint density at radius 1 is 0.810 bits per heavy atom. The minimum Gasteiger partial charge on any atom is -0.528 e. The molecule has 0 aliphatic heterocycles. The van der Waals surface area contributed by atoms with E-state index in [2.05, 4.69) is 0 Å². The van der Waals surface area contributed by atoms with E-state index >= 15 is 0 Å². The van der Waals surface area contributed by atoms with Crippen LogP contribution >= 0.6 is 0 Å². The topological polar surface area (TPSA) is 93.1 Å². The molecule has 0 bridgehead atoms. The van der Waals surface area contributed by atoms with E-state index in [4.69, 9.17) is 9.31 Å². The molecule has 2 N–H and O–H groups in total. The predicted molar refractivity (Wildman–Crippen MR) is 75.4 cm³/mol. The Hall–Kier alpha value is -2.96. The number of aromatic hydroxyl groups is 2. The number of carbonyl (C=O) groups excluding carboxylic acids is 2. The number of rotatable bonds is 6. The van der Waals surface area contributed by atoms with Crippen LogP contribution in [0.1, 0.15) is 20.7 Å². The number of hydrogen-bond donors (Lipinski definition) is 2. The molecule has 0 amide bonds. The summed E-state index contributed by atoms with van der Waals surface area (Å²) in [5, 5.41) is 18.7. The average Bonchev–Trinajstić information content (AvgIpc) is 2.50. The van der Waals surface area contributed by atoms with Gasteiger partial charge in [-0.05, 0) is 36.4 Å². The fraction of sp³-hybridized carbons (Fsp3) is 0. The number of hydrogen-bond acceptors (Lipinski definition) is 6. The highest BCUT2D eigenvalue weighted by Gasteiger charge is 2.06. The van der Waals surface area contributed by atoms with Crippen molar-refractivity contribution in [2.75, 3.05) is 0 Å². The molecular weight excluding hydrogens is 275 g/mol. The largest absolute Gasteiger partial charge is 0.576 e. The zero-order valence-corrected chi connectivity index (χ0v) is 10.9. The minimum absolute atomic E-state index is 0.111. The van der Waals surface area contributed by atoms with E-state index in [1.807, 2.05) is 0 Å². The predicted octanol–water partition coefficient (Wildman–Crippen LogP) is 1.45. The highest BCUT2D eigenvalue weighted by molar-refractivity contribution is 6.20. The molecule has 2 aromatic carbocycles. The second-order valence-electron chi connectivity index (χ2n) is 4.08. The van der Waals surface area contributed by atoms with Gasteiger partial charge in [0.05, 0.1) is 11.1 Å². The Kier molecular flexibility index (Phi) is 4.45. The molecule has 0 fully saturated rings. The third-order valence-electron chi connectivity index (χ3n) is 2.70. The first-order valence-electron chi connectivity index (χ1n) is 5.96. The fourth-order valence-electron chi connectivity index (χ4n) is 1.60. The Labute approximate surface area is 120 Å². The molecule has 0 saturated carbocycles. The molecule has 21 heavy (non-hydrogen) atoms. The van der Waals surface area contributed by atoms with Gasteiger partial charge in [0.15, 0.2) is 12.6 Å². The standard InChI is InChI=1S/C14H11BO6/c16-7-9-5-11(1-3-13(9)18)20-15-21-12-2-4-14(19)10(6-12)8-17/h1-8,15,18-19H. The van der Waals surface area contributed by atoms with E-state index < -0.39 is 0 Å². The summed E-state index contributed by atoms with van der Waals surface area (Å²) in [6, 6.07) is 8.39. The van der Waals surface area contributed by atoms with Crippen LogP contribution in [-0.2, 0) is 0 Å². The second kappa shape index (κ2) is 6.47. The lowest BCUT2D eigenvalue weighted by Crippen LogP contribution is -2.11. The van der Waals surface area contributed by atoms with Crippen LogP contribution in [-0.4, -0.2) is 30.5 Å². The molecule has 2 rings (SSSR count). The van der Waals surface area contributed by atoms with Gasteiger partial charge in [-0.25, -0.2) is 0 Å².